The Balaban J connectivity index is 2.35. The first kappa shape index (κ1) is 23.5. The minimum atomic E-state index is -4.06. The average molecular weight is 441 g/mol. The molecular weight excluding hydrogens is 418 g/mol. The fourth-order valence-electron chi connectivity index (χ4n) is 2.58. The summed E-state index contributed by atoms with van der Waals surface area (Å²) < 4.78 is 48.5. The SMILES string of the molecule is CC(=O)OC[C@H]1OC(NS(=O)(=O)c2ccc(C)cc2)C(OC(C)=O)=C[C@@H]1OC(C)=O. The molecule has 30 heavy (non-hydrogen) atoms. The maximum atomic E-state index is 12.7. The van der Waals surface area contributed by atoms with Gasteiger partial charge in [0.1, 0.15) is 12.7 Å². The van der Waals surface area contributed by atoms with E-state index in [1.165, 1.54) is 25.1 Å². The maximum Gasteiger partial charge on any atom is 0.307 e. The maximum absolute atomic E-state index is 12.7. The van der Waals surface area contributed by atoms with E-state index in [1.54, 1.807) is 12.1 Å². The molecule has 0 saturated carbocycles. The third kappa shape index (κ3) is 6.65. The molecule has 164 valence electrons. The molecule has 11 heteroatoms. The molecule has 0 radical (unpaired) electrons. The van der Waals surface area contributed by atoms with Gasteiger partial charge in [-0.3, -0.25) is 14.4 Å². The molecule has 1 aliphatic rings. The zero-order valence-corrected chi connectivity index (χ0v) is 17.7. The van der Waals surface area contributed by atoms with Crippen molar-refractivity contribution in [3.8, 4) is 0 Å². The molecule has 3 atom stereocenters. The number of sulfonamides is 1. The van der Waals surface area contributed by atoms with Crippen molar-refractivity contribution in [3.63, 3.8) is 0 Å². The highest BCUT2D eigenvalue weighted by atomic mass is 32.2. The lowest BCUT2D eigenvalue weighted by Gasteiger charge is -2.34. The molecule has 0 aromatic heterocycles. The summed E-state index contributed by atoms with van der Waals surface area (Å²) in [5.74, 6) is -2.20. The van der Waals surface area contributed by atoms with Gasteiger partial charge in [-0.05, 0) is 19.1 Å². The van der Waals surface area contributed by atoms with Crippen LogP contribution in [0.4, 0.5) is 0 Å². The first-order chi connectivity index (χ1) is 14.0. The van der Waals surface area contributed by atoms with Crippen molar-refractivity contribution in [2.24, 2.45) is 0 Å². The molecule has 0 spiro atoms. The number of rotatable bonds is 7. The zero-order chi connectivity index (χ0) is 22.5. The summed E-state index contributed by atoms with van der Waals surface area (Å²) in [6.07, 6.45) is -2.30. The van der Waals surface area contributed by atoms with Gasteiger partial charge in [-0.1, -0.05) is 17.7 Å². The van der Waals surface area contributed by atoms with Crippen LogP contribution in [0.25, 0.3) is 0 Å². The summed E-state index contributed by atoms with van der Waals surface area (Å²) in [6.45, 7) is 4.96. The van der Waals surface area contributed by atoms with E-state index in [-0.39, 0.29) is 17.3 Å². The molecule has 10 nitrogen and oxygen atoms in total. The number of hydrogen-bond acceptors (Lipinski definition) is 9. The van der Waals surface area contributed by atoms with Crippen molar-refractivity contribution in [1.29, 1.82) is 0 Å². The second-order valence-electron chi connectivity index (χ2n) is 6.53. The Morgan fingerprint density at radius 3 is 2.20 bits per heavy atom. The minimum Gasteiger partial charge on any atom is -0.463 e. The predicted octanol–water partition coefficient (Wildman–Crippen LogP) is 0.940. The molecule has 1 unspecified atom stereocenters. The number of benzene rings is 1. The van der Waals surface area contributed by atoms with Gasteiger partial charge in [0.25, 0.3) is 0 Å². The first-order valence-corrected chi connectivity index (χ1v) is 10.4. The zero-order valence-electron chi connectivity index (χ0n) is 16.9. The summed E-state index contributed by atoms with van der Waals surface area (Å²) in [7, 11) is -4.06. The highest BCUT2D eigenvalue weighted by Crippen LogP contribution is 2.24. The van der Waals surface area contributed by atoms with Gasteiger partial charge in [-0.15, -0.1) is 0 Å². The minimum absolute atomic E-state index is 0.0301. The Labute approximate surface area is 174 Å². The van der Waals surface area contributed by atoms with Crippen molar-refractivity contribution < 1.29 is 41.7 Å². The molecule has 2 rings (SSSR count). The lowest BCUT2D eigenvalue weighted by Crippen LogP contribution is -2.50. The summed E-state index contributed by atoms with van der Waals surface area (Å²) in [6, 6.07) is 6.07. The largest absolute Gasteiger partial charge is 0.463 e. The number of nitrogens with one attached hydrogen (secondary N) is 1. The van der Waals surface area contributed by atoms with Crippen LogP contribution in [0.1, 0.15) is 26.3 Å². The van der Waals surface area contributed by atoms with Gasteiger partial charge in [0.15, 0.2) is 18.1 Å². The topological polar surface area (TPSA) is 134 Å². The van der Waals surface area contributed by atoms with Crippen LogP contribution in [-0.2, 0) is 43.4 Å². The Morgan fingerprint density at radius 2 is 1.67 bits per heavy atom. The first-order valence-electron chi connectivity index (χ1n) is 8.93. The third-order valence-corrected chi connectivity index (χ3v) is 5.29. The number of esters is 3. The number of aryl methyl sites for hydroxylation is 1. The van der Waals surface area contributed by atoms with Crippen LogP contribution in [0.2, 0.25) is 0 Å². The van der Waals surface area contributed by atoms with Gasteiger partial charge < -0.3 is 18.9 Å². The second kappa shape index (κ2) is 9.83. The van der Waals surface area contributed by atoms with Crippen molar-refractivity contribution in [2.75, 3.05) is 6.61 Å². The van der Waals surface area contributed by atoms with Crippen molar-refractivity contribution in [1.82, 2.24) is 4.72 Å². The van der Waals surface area contributed by atoms with E-state index in [1.807, 2.05) is 6.92 Å². The van der Waals surface area contributed by atoms with Crippen molar-refractivity contribution in [3.05, 3.63) is 41.7 Å². The highest BCUT2D eigenvalue weighted by molar-refractivity contribution is 7.89. The fraction of sp³-hybridized carbons (Fsp3) is 0.421. The van der Waals surface area contributed by atoms with Crippen LogP contribution in [0.5, 0.6) is 0 Å². The van der Waals surface area contributed by atoms with Crippen molar-refractivity contribution in [2.45, 2.75) is 51.0 Å². The molecule has 1 aliphatic heterocycles. The molecule has 1 aromatic carbocycles. The molecule has 0 amide bonds. The van der Waals surface area contributed by atoms with Gasteiger partial charge in [-0.2, -0.15) is 4.72 Å². The fourth-order valence-corrected chi connectivity index (χ4v) is 3.66. The standard InChI is InChI=1S/C19H23NO9S/c1-11-5-7-15(8-6-11)30(24,25)20-19-17(28-14(4)23)9-16(27-13(3)22)18(29-19)10-26-12(2)21/h5-9,16,18-20H,10H2,1-4H3/t16-,18+,19?/m0/s1. The van der Waals surface area contributed by atoms with Gasteiger partial charge in [0.05, 0.1) is 4.90 Å². The van der Waals surface area contributed by atoms with Crippen LogP contribution < -0.4 is 4.72 Å². The van der Waals surface area contributed by atoms with E-state index in [0.717, 1.165) is 19.4 Å². The normalized spacial score (nSPS) is 21.3. The monoisotopic (exact) mass is 441 g/mol. The quantitative estimate of drug-likeness (QED) is 0.484. The summed E-state index contributed by atoms with van der Waals surface area (Å²) >= 11 is 0. The summed E-state index contributed by atoms with van der Waals surface area (Å²) in [5.41, 5.74) is 0.869. The van der Waals surface area contributed by atoms with E-state index < -0.39 is 46.4 Å². The van der Waals surface area contributed by atoms with Crippen LogP contribution >= 0.6 is 0 Å². The molecule has 0 fully saturated rings. The van der Waals surface area contributed by atoms with Gasteiger partial charge >= 0.3 is 17.9 Å². The van der Waals surface area contributed by atoms with Crippen LogP contribution in [0.3, 0.4) is 0 Å². The average Bonchev–Trinajstić information content (AvgIpc) is 2.61. The number of ether oxygens (including phenoxy) is 4. The molecule has 0 bridgehead atoms. The lowest BCUT2D eigenvalue weighted by atomic mass is 10.1. The number of carbonyl (C=O) groups excluding carboxylic acids is 3. The number of hydrogen-bond donors (Lipinski definition) is 1. The van der Waals surface area contributed by atoms with E-state index in [2.05, 4.69) is 4.72 Å². The third-order valence-electron chi connectivity index (χ3n) is 3.87. The molecule has 1 aromatic rings. The van der Waals surface area contributed by atoms with Crippen LogP contribution in [0.15, 0.2) is 41.0 Å². The Hall–Kier alpha value is -2.76. The molecule has 0 saturated heterocycles. The Morgan fingerprint density at radius 1 is 1.03 bits per heavy atom. The van der Waals surface area contributed by atoms with E-state index in [9.17, 15) is 22.8 Å². The highest BCUT2D eigenvalue weighted by Gasteiger charge is 2.38. The second-order valence-corrected chi connectivity index (χ2v) is 8.24. The van der Waals surface area contributed by atoms with E-state index in [0.29, 0.717) is 0 Å². The van der Waals surface area contributed by atoms with Crippen molar-refractivity contribution >= 4 is 27.9 Å². The molecule has 1 N–H and O–H groups in total. The Kier molecular flexibility index (Phi) is 7.71. The smallest absolute Gasteiger partial charge is 0.307 e. The van der Waals surface area contributed by atoms with Gasteiger partial charge in [0, 0.05) is 26.8 Å². The predicted molar refractivity (Wildman–Crippen MR) is 102 cm³/mol. The van der Waals surface area contributed by atoms with Crippen LogP contribution in [0, 0.1) is 6.92 Å². The lowest BCUT2D eigenvalue weighted by molar-refractivity contribution is -0.169. The molecular formula is C19H23NO9S. The molecule has 1 heterocycles. The van der Waals surface area contributed by atoms with Gasteiger partial charge in [-0.25, -0.2) is 8.42 Å². The number of carbonyl (C=O) groups is 3. The van der Waals surface area contributed by atoms with Crippen LogP contribution in [-0.4, -0.2) is 51.4 Å². The van der Waals surface area contributed by atoms with E-state index >= 15 is 0 Å². The summed E-state index contributed by atoms with van der Waals surface area (Å²) in [5, 5.41) is 0. The van der Waals surface area contributed by atoms with E-state index in [4.69, 9.17) is 18.9 Å². The van der Waals surface area contributed by atoms with Gasteiger partial charge in [0.2, 0.25) is 10.0 Å². The molecule has 0 aliphatic carbocycles. The summed E-state index contributed by atoms with van der Waals surface area (Å²) in [4.78, 5) is 34.0. The Bertz CT molecular complexity index is 937.